The van der Waals surface area contributed by atoms with Gasteiger partial charge in [-0.1, -0.05) is 11.6 Å². The lowest BCUT2D eigenvalue weighted by molar-refractivity contribution is -0.116. The number of rotatable bonds is 7. The van der Waals surface area contributed by atoms with Gasteiger partial charge >= 0.3 is 0 Å². The molecule has 4 N–H and O–H groups in total. The van der Waals surface area contributed by atoms with E-state index in [9.17, 15) is 23.9 Å². The number of halogens is 3. The Morgan fingerprint density at radius 2 is 1.96 bits per heavy atom. The highest BCUT2D eigenvalue weighted by atomic mass is 35.5. The molecule has 0 unspecified atom stereocenters. The summed E-state index contributed by atoms with van der Waals surface area (Å²) in [5.41, 5.74) is 4.36. The predicted octanol–water partition coefficient (Wildman–Crippen LogP) is 2.73. The number of piperazine rings is 1. The second-order valence-corrected chi connectivity index (χ2v) is 11.9. The molecule has 2 aliphatic heterocycles. The molecule has 1 atom stereocenters. The Balaban J connectivity index is 1.42. The van der Waals surface area contributed by atoms with Crippen molar-refractivity contribution in [3.05, 3.63) is 56.9 Å². The van der Waals surface area contributed by atoms with Gasteiger partial charge in [-0.05, 0) is 26.5 Å². The van der Waals surface area contributed by atoms with E-state index < -0.39 is 52.7 Å². The van der Waals surface area contributed by atoms with Crippen LogP contribution in [-0.2, 0) is 24.3 Å². The van der Waals surface area contributed by atoms with Gasteiger partial charge in [0.1, 0.15) is 28.9 Å². The minimum absolute atomic E-state index is 0.000119. The molecule has 0 bridgehead atoms. The molecular weight excluding hydrogens is 626 g/mol. The average Bonchev–Trinajstić information content (AvgIpc) is 3.61. The Kier molecular flexibility index (Phi) is 8.06. The molecule has 0 aliphatic carbocycles. The number of benzene rings is 1. The third-order valence-electron chi connectivity index (χ3n) is 8.41. The molecule has 16 heteroatoms. The largest absolute Gasteiger partial charge is 0.504 e. The first-order chi connectivity index (χ1) is 21.9. The summed E-state index contributed by atoms with van der Waals surface area (Å²) < 4.78 is 38.5. The lowest BCUT2D eigenvalue weighted by atomic mass is 10.0. The molecule has 3 aromatic heterocycles. The second-order valence-electron chi connectivity index (χ2n) is 11.5. The van der Waals surface area contributed by atoms with Crippen molar-refractivity contribution in [1.29, 1.82) is 0 Å². The smallest absolute Gasteiger partial charge is 0.263 e. The number of pyridine rings is 1. The maximum atomic E-state index is 15.8. The maximum absolute atomic E-state index is 15.8. The van der Waals surface area contributed by atoms with E-state index in [1.54, 1.807) is 0 Å². The second kappa shape index (κ2) is 11.9. The molecule has 2 aliphatic rings. The molecule has 13 nitrogen and oxygen atoms in total. The number of aryl methyl sites for hydroxylation is 1. The summed E-state index contributed by atoms with van der Waals surface area (Å²) in [6.45, 7) is 4.04. The van der Waals surface area contributed by atoms with E-state index in [-0.39, 0.29) is 38.9 Å². The lowest BCUT2D eigenvalue weighted by Crippen LogP contribution is -2.50. The lowest BCUT2D eigenvalue weighted by Gasteiger charge is -2.39. The van der Waals surface area contributed by atoms with Crippen LogP contribution in [0, 0.1) is 11.8 Å². The fourth-order valence-electron chi connectivity index (χ4n) is 6.20. The van der Waals surface area contributed by atoms with Gasteiger partial charge in [-0.25, -0.2) is 14.4 Å². The number of carbonyl (C=O) groups is 2. The SMILES string of the molecule is COc1c(O)c(C(N)=O)cc(-c2cn(CC(=O)Nc3cc(N4CCN(C)C[C@@H]4C)nc(F)c3Cl)c3nc4n(c(=O)c23)CCC4)c1F. The van der Waals surface area contributed by atoms with Gasteiger partial charge < -0.3 is 35.3 Å². The van der Waals surface area contributed by atoms with E-state index in [0.29, 0.717) is 37.6 Å². The Hall–Kier alpha value is -4.76. The van der Waals surface area contributed by atoms with Crippen LogP contribution in [0.1, 0.15) is 29.5 Å². The van der Waals surface area contributed by atoms with E-state index in [1.807, 2.05) is 18.9 Å². The van der Waals surface area contributed by atoms with Crippen LogP contribution in [-0.4, -0.2) is 80.8 Å². The topological polar surface area (TPSA) is 161 Å². The average molecular weight is 657 g/mol. The van der Waals surface area contributed by atoms with E-state index >= 15 is 4.39 Å². The standard InChI is InChI=1S/C30H31ClF2N8O5/c1-14-11-38(2)7-8-40(14)20-10-18(23(31)27(33)36-20)35-21(42)13-39-12-17(22-29(39)37-19-5-4-6-41(19)30(22)45)15-9-16(28(34)44)25(43)26(46-3)24(15)32/h9-10,12,14,43H,4-8,11,13H2,1-3H3,(H2,34,44)(H,35,36,42)/t14-/m0/s1. The maximum Gasteiger partial charge on any atom is 0.263 e. The number of hydrogen-bond acceptors (Lipinski definition) is 9. The molecule has 242 valence electrons. The van der Waals surface area contributed by atoms with Crippen molar-refractivity contribution in [2.45, 2.75) is 38.9 Å². The minimum atomic E-state index is -1.05. The van der Waals surface area contributed by atoms with Gasteiger partial charge in [-0.2, -0.15) is 4.39 Å². The van der Waals surface area contributed by atoms with Crippen molar-refractivity contribution in [3.63, 3.8) is 0 Å². The number of nitrogens with one attached hydrogen (secondary N) is 1. The number of nitrogens with two attached hydrogens (primary N) is 1. The molecule has 6 rings (SSSR count). The van der Waals surface area contributed by atoms with Crippen molar-refractivity contribution < 1.29 is 28.2 Å². The summed E-state index contributed by atoms with van der Waals surface area (Å²) in [6.07, 6.45) is 2.53. The molecule has 1 aromatic carbocycles. The summed E-state index contributed by atoms with van der Waals surface area (Å²) in [5, 5.41) is 12.6. The van der Waals surface area contributed by atoms with Crippen molar-refractivity contribution in [1.82, 2.24) is 24.0 Å². The van der Waals surface area contributed by atoms with Crippen LogP contribution in [0.25, 0.3) is 22.2 Å². The van der Waals surface area contributed by atoms with Crippen LogP contribution in [0.15, 0.2) is 23.1 Å². The highest BCUT2D eigenvalue weighted by Crippen LogP contribution is 2.41. The molecule has 0 spiro atoms. The van der Waals surface area contributed by atoms with Crippen LogP contribution >= 0.6 is 11.6 Å². The number of amides is 2. The van der Waals surface area contributed by atoms with E-state index in [0.717, 1.165) is 26.3 Å². The van der Waals surface area contributed by atoms with Crippen LogP contribution in [0.2, 0.25) is 5.02 Å². The summed E-state index contributed by atoms with van der Waals surface area (Å²) in [4.78, 5) is 52.0. The molecule has 1 saturated heterocycles. The number of methoxy groups -OCH3 is 1. The molecule has 0 saturated carbocycles. The van der Waals surface area contributed by atoms with Gasteiger partial charge in [0.15, 0.2) is 17.3 Å². The number of hydrogen-bond donors (Lipinski definition) is 3. The summed E-state index contributed by atoms with van der Waals surface area (Å²) in [7, 11) is 3.10. The number of carbonyl (C=O) groups excluding carboxylic acids is 2. The molecule has 1 fully saturated rings. The number of primary amides is 1. The zero-order valence-corrected chi connectivity index (χ0v) is 26.0. The number of ether oxygens (including phenoxy) is 1. The molecule has 5 heterocycles. The van der Waals surface area contributed by atoms with Gasteiger partial charge in [-0.15, -0.1) is 0 Å². The summed E-state index contributed by atoms with van der Waals surface area (Å²) in [5.74, 6) is -4.31. The van der Waals surface area contributed by atoms with Crippen molar-refractivity contribution in [3.8, 4) is 22.6 Å². The monoisotopic (exact) mass is 656 g/mol. The third-order valence-corrected chi connectivity index (χ3v) is 8.77. The van der Waals surface area contributed by atoms with Crippen LogP contribution < -0.4 is 26.2 Å². The van der Waals surface area contributed by atoms with Gasteiger partial charge in [0.2, 0.25) is 11.9 Å². The highest BCUT2D eigenvalue weighted by Gasteiger charge is 2.29. The molecular formula is C30H31ClF2N8O5. The molecule has 0 radical (unpaired) electrons. The van der Waals surface area contributed by atoms with Crippen molar-refractivity contribution in [2.75, 3.05) is 44.0 Å². The van der Waals surface area contributed by atoms with Crippen molar-refractivity contribution >= 4 is 46.0 Å². The number of nitrogens with zero attached hydrogens (tertiary/aromatic N) is 6. The van der Waals surface area contributed by atoms with E-state index in [2.05, 4.69) is 20.2 Å². The molecule has 2 amide bonds. The van der Waals surface area contributed by atoms with Gasteiger partial charge in [0, 0.05) is 62.0 Å². The summed E-state index contributed by atoms with van der Waals surface area (Å²) >= 11 is 6.22. The van der Waals surface area contributed by atoms with Crippen LogP contribution in [0.4, 0.5) is 20.3 Å². The summed E-state index contributed by atoms with van der Waals surface area (Å²) in [6, 6.07) is 2.55. The molecule has 46 heavy (non-hydrogen) atoms. The normalized spacial score (nSPS) is 16.6. The van der Waals surface area contributed by atoms with Crippen LogP contribution in [0.5, 0.6) is 11.5 Å². The van der Waals surface area contributed by atoms with Gasteiger partial charge in [-0.3, -0.25) is 19.0 Å². The number of likely N-dealkylation sites (N-methyl/N-ethyl adjacent to an activating group) is 1. The first kappa shape index (κ1) is 31.2. The first-order valence-corrected chi connectivity index (χ1v) is 14.9. The third kappa shape index (κ3) is 5.28. The fraction of sp³-hybridized carbons (Fsp3) is 0.367. The van der Waals surface area contributed by atoms with Gasteiger partial charge in [0.05, 0.1) is 23.7 Å². The van der Waals surface area contributed by atoms with E-state index in [4.69, 9.17) is 22.1 Å². The number of aromatic hydroxyl groups is 1. The number of phenols is 1. The highest BCUT2D eigenvalue weighted by molar-refractivity contribution is 6.33. The zero-order valence-electron chi connectivity index (χ0n) is 25.2. The van der Waals surface area contributed by atoms with Gasteiger partial charge in [0.25, 0.3) is 11.5 Å². The quantitative estimate of drug-likeness (QED) is 0.254. The Labute approximate surface area is 266 Å². The Morgan fingerprint density at radius 3 is 2.65 bits per heavy atom. The van der Waals surface area contributed by atoms with E-state index in [1.165, 1.54) is 21.4 Å². The minimum Gasteiger partial charge on any atom is -0.504 e. The fourth-order valence-corrected chi connectivity index (χ4v) is 6.34. The van der Waals surface area contributed by atoms with Crippen LogP contribution in [0.3, 0.4) is 0 Å². The first-order valence-electron chi connectivity index (χ1n) is 14.5. The predicted molar refractivity (Wildman–Crippen MR) is 167 cm³/mol. The number of anilines is 2. The Bertz CT molecular complexity index is 1980. The number of aromatic nitrogens is 4. The molecule has 4 aromatic rings. The Morgan fingerprint density at radius 1 is 1.20 bits per heavy atom. The zero-order chi connectivity index (χ0) is 33.0. The van der Waals surface area contributed by atoms with Crippen molar-refractivity contribution in [2.24, 2.45) is 5.73 Å². The number of fused-ring (bicyclic) bond motifs is 2.